The lowest BCUT2D eigenvalue weighted by Gasteiger charge is -2.24. The fourth-order valence-electron chi connectivity index (χ4n) is 2.11. The normalized spacial score (nSPS) is 14.5. The Labute approximate surface area is 146 Å². The summed E-state index contributed by atoms with van der Waals surface area (Å²) in [6, 6.07) is 4.67. The van der Waals surface area contributed by atoms with E-state index >= 15 is 0 Å². The molecule has 4 nitrogen and oxygen atoms in total. The molecule has 0 saturated carbocycles. The molecule has 1 rings (SSSR count). The van der Waals surface area contributed by atoms with Gasteiger partial charge in [0.05, 0.1) is 3.79 Å². The zero-order chi connectivity index (χ0) is 16.8. The van der Waals surface area contributed by atoms with E-state index in [1.165, 1.54) is 4.88 Å². The molecule has 1 aromatic heterocycles. The minimum Gasteiger partial charge on any atom is -0.444 e. The molecule has 0 bridgehead atoms. The molecule has 6 heteroatoms. The van der Waals surface area contributed by atoms with E-state index in [9.17, 15) is 4.79 Å². The highest BCUT2D eigenvalue weighted by Gasteiger charge is 2.18. The van der Waals surface area contributed by atoms with E-state index < -0.39 is 5.60 Å². The standard InChI is InChI=1S/C16H27BrN2O2S/c1-6-7-12(10-18-15(20)21-16(3,4)5)19-11(2)13-8-9-14(17)22-13/h8-9,11-12,19H,6-7,10H2,1-5H3,(H,18,20). The average Bonchev–Trinajstić information content (AvgIpc) is 2.81. The first-order valence-electron chi connectivity index (χ1n) is 7.69. The Kier molecular flexibility index (Phi) is 7.86. The monoisotopic (exact) mass is 390 g/mol. The number of alkyl carbamates (subject to hydrolysis) is 1. The first-order valence-corrected chi connectivity index (χ1v) is 9.30. The molecule has 0 aromatic carbocycles. The summed E-state index contributed by atoms with van der Waals surface area (Å²) >= 11 is 5.22. The van der Waals surface area contributed by atoms with Crippen molar-refractivity contribution >= 4 is 33.4 Å². The molecule has 0 radical (unpaired) electrons. The Morgan fingerprint density at radius 3 is 2.59 bits per heavy atom. The molecule has 0 fully saturated rings. The van der Waals surface area contributed by atoms with Crippen LogP contribution in [0.3, 0.4) is 0 Å². The van der Waals surface area contributed by atoms with Crippen molar-refractivity contribution in [2.75, 3.05) is 6.54 Å². The second-order valence-electron chi connectivity index (χ2n) is 6.40. The third kappa shape index (κ3) is 7.61. The number of thiophene rings is 1. The maximum Gasteiger partial charge on any atom is 0.407 e. The summed E-state index contributed by atoms with van der Waals surface area (Å²) in [5, 5.41) is 6.44. The third-order valence-corrected chi connectivity index (χ3v) is 4.84. The molecular formula is C16H27BrN2O2S. The van der Waals surface area contributed by atoms with E-state index in [1.54, 1.807) is 11.3 Å². The van der Waals surface area contributed by atoms with Crippen molar-refractivity contribution in [3.05, 3.63) is 20.8 Å². The van der Waals surface area contributed by atoms with Gasteiger partial charge in [0.25, 0.3) is 0 Å². The van der Waals surface area contributed by atoms with Crippen LogP contribution in [0.2, 0.25) is 0 Å². The van der Waals surface area contributed by atoms with E-state index in [0.717, 1.165) is 16.6 Å². The van der Waals surface area contributed by atoms with Crippen molar-refractivity contribution < 1.29 is 9.53 Å². The van der Waals surface area contributed by atoms with Gasteiger partial charge in [-0.15, -0.1) is 11.3 Å². The molecule has 2 N–H and O–H groups in total. The summed E-state index contributed by atoms with van der Waals surface area (Å²) in [6.07, 6.45) is 1.71. The summed E-state index contributed by atoms with van der Waals surface area (Å²) in [6.45, 7) is 10.5. The Morgan fingerprint density at radius 1 is 1.41 bits per heavy atom. The fourth-order valence-corrected chi connectivity index (χ4v) is 3.55. The number of nitrogens with one attached hydrogen (secondary N) is 2. The van der Waals surface area contributed by atoms with Crippen LogP contribution in [0, 0.1) is 0 Å². The molecule has 126 valence electrons. The number of carbonyl (C=O) groups excluding carboxylic acids is 1. The van der Waals surface area contributed by atoms with Gasteiger partial charge in [0.15, 0.2) is 0 Å². The summed E-state index contributed by atoms with van der Waals surface area (Å²) in [4.78, 5) is 13.0. The maximum atomic E-state index is 11.8. The molecule has 0 spiro atoms. The Morgan fingerprint density at radius 2 is 2.09 bits per heavy atom. The molecule has 2 unspecified atom stereocenters. The van der Waals surface area contributed by atoms with Crippen LogP contribution in [0.25, 0.3) is 0 Å². The molecule has 2 atom stereocenters. The maximum absolute atomic E-state index is 11.8. The van der Waals surface area contributed by atoms with Crippen LogP contribution >= 0.6 is 27.3 Å². The first kappa shape index (κ1) is 19.5. The van der Waals surface area contributed by atoms with E-state index in [4.69, 9.17) is 4.74 Å². The Balaban J connectivity index is 2.49. The quantitative estimate of drug-likeness (QED) is 0.698. The van der Waals surface area contributed by atoms with Crippen molar-refractivity contribution in [2.24, 2.45) is 0 Å². The van der Waals surface area contributed by atoms with Crippen molar-refractivity contribution in [1.29, 1.82) is 0 Å². The highest BCUT2D eigenvalue weighted by atomic mass is 79.9. The first-order chi connectivity index (χ1) is 10.2. The van der Waals surface area contributed by atoms with Crippen LogP contribution in [0.15, 0.2) is 15.9 Å². The van der Waals surface area contributed by atoms with Crippen LogP contribution < -0.4 is 10.6 Å². The zero-order valence-corrected chi connectivity index (χ0v) is 16.4. The number of hydrogen-bond donors (Lipinski definition) is 2. The van der Waals surface area contributed by atoms with Crippen molar-refractivity contribution in [3.63, 3.8) is 0 Å². The van der Waals surface area contributed by atoms with Crippen LogP contribution in [0.1, 0.15) is 58.4 Å². The SMILES string of the molecule is CCCC(CNC(=O)OC(C)(C)C)NC(C)c1ccc(Br)s1. The van der Waals surface area contributed by atoms with Crippen LogP contribution in [0.5, 0.6) is 0 Å². The lowest BCUT2D eigenvalue weighted by molar-refractivity contribution is 0.0521. The highest BCUT2D eigenvalue weighted by molar-refractivity contribution is 9.11. The molecule has 0 aliphatic rings. The smallest absolute Gasteiger partial charge is 0.407 e. The number of rotatable bonds is 7. The number of halogens is 1. The van der Waals surface area contributed by atoms with Gasteiger partial charge < -0.3 is 15.4 Å². The second kappa shape index (κ2) is 8.89. The number of hydrogen-bond acceptors (Lipinski definition) is 4. The summed E-state index contributed by atoms with van der Waals surface area (Å²) in [5.74, 6) is 0. The molecule has 1 amide bonds. The molecule has 0 aliphatic carbocycles. The van der Waals surface area contributed by atoms with Gasteiger partial charge in [-0.2, -0.15) is 0 Å². The van der Waals surface area contributed by atoms with Crippen LogP contribution in [-0.4, -0.2) is 24.3 Å². The number of ether oxygens (including phenoxy) is 1. The van der Waals surface area contributed by atoms with Gasteiger partial charge in [-0.25, -0.2) is 4.79 Å². The Bertz CT molecular complexity index is 471. The Hall–Kier alpha value is -0.590. The van der Waals surface area contributed by atoms with Crippen molar-refractivity contribution in [1.82, 2.24) is 10.6 Å². The highest BCUT2D eigenvalue weighted by Crippen LogP contribution is 2.27. The van der Waals surface area contributed by atoms with Crippen molar-refractivity contribution in [2.45, 2.75) is 65.1 Å². The average molecular weight is 391 g/mol. The molecule has 22 heavy (non-hydrogen) atoms. The van der Waals surface area contributed by atoms with Gasteiger partial charge in [0.2, 0.25) is 0 Å². The molecule has 1 aromatic rings. The van der Waals surface area contributed by atoms with Crippen LogP contribution in [-0.2, 0) is 4.74 Å². The van der Waals surface area contributed by atoms with Crippen molar-refractivity contribution in [3.8, 4) is 0 Å². The summed E-state index contributed by atoms with van der Waals surface area (Å²) in [5.41, 5.74) is -0.464. The second-order valence-corrected chi connectivity index (χ2v) is 8.89. The molecule has 0 saturated heterocycles. The molecular weight excluding hydrogens is 364 g/mol. The fraction of sp³-hybridized carbons (Fsp3) is 0.688. The van der Waals surface area contributed by atoms with Crippen LogP contribution in [0.4, 0.5) is 4.79 Å². The van der Waals surface area contributed by atoms with Gasteiger partial charge in [-0.1, -0.05) is 13.3 Å². The molecule has 1 heterocycles. The van der Waals surface area contributed by atoms with Gasteiger partial charge >= 0.3 is 6.09 Å². The minimum absolute atomic E-state index is 0.230. The van der Waals surface area contributed by atoms with Gasteiger partial charge in [0, 0.05) is 23.5 Å². The lowest BCUT2D eigenvalue weighted by Crippen LogP contribution is -2.43. The summed E-state index contributed by atoms with van der Waals surface area (Å²) < 4.78 is 6.41. The van der Waals surface area contributed by atoms with Gasteiger partial charge in [0.1, 0.15) is 5.60 Å². The third-order valence-electron chi connectivity index (χ3n) is 3.04. The lowest BCUT2D eigenvalue weighted by atomic mass is 10.1. The van der Waals surface area contributed by atoms with Gasteiger partial charge in [-0.05, 0) is 62.2 Å². The van der Waals surface area contributed by atoms with Gasteiger partial charge in [-0.3, -0.25) is 0 Å². The van der Waals surface area contributed by atoms with E-state index in [0.29, 0.717) is 6.54 Å². The zero-order valence-electron chi connectivity index (χ0n) is 14.0. The molecule has 0 aliphatic heterocycles. The number of amides is 1. The number of carbonyl (C=O) groups is 1. The predicted octanol–water partition coefficient (Wildman–Crippen LogP) is 4.85. The van der Waals surface area contributed by atoms with E-state index in [2.05, 4.69) is 52.5 Å². The minimum atomic E-state index is -0.464. The van der Waals surface area contributed by atoms with E-state index in [1.807, 2.05) is 20.8 Å². The largest absolute Gasteiger partial charge is 0.444 e. The predicted molar refractivity (Wildman–Crippen MR) is 96.5 cm³/mol. The summed E-state index contributed by atoms with van der Waals surface area (Å²) in [7, 11) is 0. The topological polar surface area (TPSA) is 50.4 Å². The van der Waals surface area contributed by atoms with E-state index in [-0.39, 0.29) is 18.2 Å².